The highest BCUT2D eigenvalue weighted by molar-refractivity contribution is 7.80. The topological polar surface area (TPSA) is 84.6 Å². The number of nitrogens with two attached hydrogens (primary N) is 1. The van der Waals surface area contributed by atoms with E-state index >= 15 is 0 Å². The van der Waals surface area contributed by atoms with Gasteiger partial charge in [-0.2, -0.15) is 0 Å². The Labute approximate surface area is 127 Å². The lowest BCUT2D eigenvalue weighted by molar-refractivity contribution is 0.102. The van der Waals surface area contributed by atoms with Gasteiger partial charge in [0.05, 0.1) is 7.11 Å². The van der Waals surface area contributed by atoms with Gasteiger partial charge in [-0.1, -0.05) is 24.4 Å². The molecule has 0 saturated carbocycles. The van der Waals surface area contributed by atoms with Gasteiger partial charge < -0.3 is 20.9 Å². The Morgan fingerprint density at radius 3 is 2.62 bits per heavy atom. The van der Waals surface area contributed by atoms with Crippen molar-refractivity contribution >= 4 is 28.8 Å². The number of ether oxygens (including phenoxy) is 1. The molecule has 0 atom stereocenters. The van der Waals surface area contributed by atoms with Crippen LogP contribution in [0.25, 0.3) is 0 Å². The number of amides is 1. The number of carbonyl (C=O) groups is 1. The Morgan fingerprint density at radius 1 is 1.24 bits per heavy atom. The summed E-state index contributed by atoms with van der Waals surface area (Å²) < 4.78 is 4.93. The fraction of sp³-hybridized carbons (Fsp3) is 0.0667. The molecular weight excluding hydrogens is 288 g/mol. The fourth-order valence-corrected chi connectivity index (χ4v) is 1.91. The minimum atomic E-state index is -0.354. The van der Waals surface area contributed by atoms with E-state index in [9.17, 15) is 9.90 Å². The molecule has 0 heterocycles. The molecule has 0 bridgehead atoms. The van der Waals surface area contributed by atoms with Crippen LogP contribution >= 0.6 is 12.2 Å². The third-order valence-electron chi connectivity index (χ3n) is 2.85. The van der Waals surface area contributed by atoms with Crippen molar-refractivity contribution in [3.8, 4) is 11.5 Å². The average Bonchev–Trinajstić information content (AvgIpc) is 2.47. The van der Waals surface area contributed by atoms with Crippen molar-refractivity contribution in [1.29, 1.82) is 0 Å². The van der Waals surface area contributed by atoms with Crippen LogP contribution in [0.4, 0.5) is 5.69 Å². The molecule has 2 aromatic rings. The normalized spacial score (nSPS) is 9.95. The molecule has 0 aliphatic rings. The lowest BCUT2D eigenvalue weighted by Crippen LogP contribution is -2.13. The zero-order valence-electron chi connectivity index (χ0n) is 11.3. The van der Waals surface area contributed by atoms with Crippen molar-refractivity contribution in [1.82, 2.24) is 0 Å². The monoisotopic (exact) mass is 302 g/mol. The average molecular weight is 302 g/mol. The molecule has 4 N–H and O–H groups in total. The maximum absolute atomic E-state index is 12.1. The minimum absolute atomic E-state index is 0.0953. The number of phenols is 1. The minimum Gasteiger partial charge on any atom is -0.504 e. The van der Waals surface area contributed by atoms with Crippen molar-refractivity contribution < 1.29 is 14.6 Å². The number of anilines is 1. The van der Waals surface area contributed by atoms with Gasteiger partial charge in [-0.25, -0.2) is 0 Å². The Balaban J connectivity index is 2.20. The van der Waals surface area contributed by atoms with Gasteiger partial charge in [0.2, 0.25) is 0 Å². The van der Waals surface area contributed by atoms with E-state index in [0.29, 0.717) is 22.6 Å². The van der Waals surface area contributed by atoms with Gasteiger partial charge in [-0.3, -0.25) is 4.79 Å². The van der Waals surface area contributed by atoms with Crippen molar-refractivity contribution in [2.45, 2.75) is 0 Å². The molecule has 0 saturated heterocycles. The standard InChI is InChI=1S/C15H14N2O3S/c1-20-13-6-5-10(8-12(13)18)15(19)17-11-4-2-3-9(7-11)14(16)21/h2-8,18H,1H3,(H2,16,21)(H,17,19). The number of aromatic hydroxyl groups is 1. The van der Waals surface area contributed by atoms with E-state index in [-0.39, 0.29) is 16.6 Å². The SMILES string of the molecule is COc1ccc(C(=O)Nc2cccc(C(N)=S)c2)cc1O. The summed E-state index contributed by atoms with van der Waals surface area (Å²) in [5.41, 5.74) is 7.10. The maximum atomic E-state index is 12.1. The van der Waals surface area contributed by atoms with Crippen LogP contribution in [0.15, 0.2) is 42.5 Å². The molecular formula is C15H14N2O3S. The van der Waals surface area contributed by atoms with E-state index in [2.05, 4.69) is 5.32 Å². The van der Waals surface area contributed by atoms with Crippen LogP contribution in [0.1, 0.15) is 15.9 Å². The molecule has 0 aliphatic carbocycles. The van der Waals surface area contributed by atoms with Crippen LogP contribution in [0.5, 0.6) is 11.5 Å². The Kier molecular flexibility index (Phi) is 4.39. The molecule has 1 amide bonds. The summed E-state index contributed by atoms with van der Waals surface area (Å²) in [6.07, 6.45) is 0. The molecule has 0 aliphatic heterocycles. The Hall–Kier alpha value is -2.60. The second kappa shape index (κ2) is 6.23. The summed E-state index contributed by atoms with van der Waals surface area (Å²) in [7, 11) is 1.44. The van der Waals surface area contributed by atoms with Gasteiger partial charge in [-0.15, -0.1) is 0 Å². The zero-order chi connectivity index (χ0) is 15.4. The van der Waals surface area contributed by atoms with Gasteiger partial charge in [0.15, 0.2) is 11.5 Å². The summed E-state index contributed by atoms with van der Waals surface area (Å²) in [5.74, 6) is -0.142. The lowest BCUT2D eigenvalue weighted by atomic mass is 10.1. The summed E-state index contributed by atoms with van der Waals surface area (Å²) in [6, 6.07) is 11.3. The first-order valence-electron chi connectivity index (χ1n) is 6.09. The van der Waals surface area contributed by atoms with Crippen LogP contribution in [0.2, 0.25) is 0 Å². The number of methoxy groups -OCH3 is 1. The summed E-state index contributed by atoms with van der Waals surface area (Å²) >= 11 is 4.89. The quantitative estimate of drug-likeness (QED) is 0.755. The largest absolute Gasteiger partial charge is 0.504 e. The molecule has 0 unspecified atom stereocenters. The van der Waals surface area contributed by atoms with E-state index in [1.165, 1.54) is 19.2 Å². The number of hydrogen-bond donors (Lipinski definition) is 3. The Bertz CT molecular complexity index is 701. The molecule has 0 radical (unpaired) electrons. The zero-order valence-corrected chi connectivity index (χ0v) is 12.1. The van der Waals surface area contributed by atoms with E-state index in [1.54, 1.807) is 30.3 Å². The number of phenolic OH excluding ortho intramolecular Hbond substituents is 1. The predicted molar refractivity (Wildman–Crippen MR) is 84.9 cm³/mol. The number of carbonyl (C=O) groups excluding carboxylic acids is 1. The van der Waals surface area contributed by atoms with E-state index < -0.39 is 0 Å². The smallest absolute Gasteiger partial charge is 0.255 e. The van der Waals surface area contributed by atoms with Gasteiger partial charge in [0, 0.05) is 16.8 Å². The molecule has 2 rings (SSSR count). The molecule has 0 spiro atoms. The van der Waals surface area contributed by atoms with Crippen molar-refractivity contribution in [2.24, 2.45) is 5.73 Å². The van der Waals surface area contributed by atoms with Gasteiger partial charge in [0.25, 0.3) is 5.91 Å². The molecule has 108 valence electrons. The van der Waals surface area contributed by atoms with Gasteiger partial charge in [0.1, 0.15) is 4.99 Å². The highest BCUT2D eigenvalue weighted by Crippen LogP contribution is 2.26. The Morgan fingerprint density at radius 2 is 2.00 bits per heavy atom. The number of thiocarbonyl (C=S) groups is 1. The number of benzene rings is 2. The fourth-order valence-electron chi connectivity index (χ4n) is 1.78. The summed E-state index contributed by atoms with van der Waals surface area (Å²) in [6.45, 7) is 0. The van der Waals surface area contributed by atoms with Gasteiger partial charge in [-0.05, 0) is 30.3 Å². The van der Waals surface area contributed by atoms with Crippen molar-refractivity contribution in [3.05, 3.63) is 53.6 Å². The second-order valence-corrected chi connectivity index (χ2v) is 4.73. The van der Waals surface area contributed by atoms with Crippen molar-refractivity contribution in [2.75, 3.05) is 12.4 Å². The van der Waals surface area contributed by atoms with E-state index in [1.807, 2.05) is 0 Å². The maximum Gasteiger partial charge on any atom is 0.255 e. The summed E-state index contributed by atoms with van der Waals surface area (Å²) in [5, 5.41) is 12.4. The third-order valence-corrected chi connectivity index (χ3v) is 3.08. The molecule has 0 aromatic heterocycles. The molecule has 21 heavy (non-hydrogen) atoms. The first kappa shape index (κ1) is 14.8. The van der Waals surface area contributed by atoms with Gasteiger partial charge >= 0.3 is 0 Å². The van der Waals surface area contributed by atoms with Crippen LogP contribution in [0, 0.1) is 0 Å². The van der Waals surface area contributed by atoms with Crippen LogP contribution < -0.4 is 15.8 Å². The lowest BCUT2D eigenvalue weighted by Gasteiger charge is -2.08. The number of hydrogen-bond acceptors (Lipinski definition) is 4. The second-order valence-electron chi connectivity index (χ2n) is 4.29. The molecule has 5 nitrogen and oxygen atoms in total. The van der Waals surface area contributed by atoms with E-state index in [4.69, 9.17) is 22.7 Å². The predicted octanol–water partition coefficient (Wildman–Crippen LogP) is 2.29. The number of rotatable bonds is 4. The number of nitrogens with one attached hydrogen (secondary N) is 1. The third kappa shape index (κ3) is 3.49. The first-order valence-corrected chi connectivity index (χ1v) is 6.50. The molecule has 0 fully saturated rings. The van der Waals surface area contributed by atoms with E-state index in [0.717, 1.165) is 0 Å². The van der Waals surface area contributed by atoms with Crippen molar-refractivity contribution in [3.63, 3.8) is 0 Å². The van der Waals surface area contributed by atoms with Crippen LogP contribution in [-0.2, 0) is 0 Å². The molecule has 2 aromatic carbocycles. The first-order chi connectivity index (χ1) is 10.0. The highest BCUT2D eigenvalue weighted by atomic mass is 32.1. The van der Waals surface area contributed by atoms with Crippen LogP contribution in [0.3, 0.4) is 0 Å². The highest BCUT2D eigenvalue weighted by Gasteiger charge is 2.10. The van der Waals surface area contributed by atoms with Crippen LogP contribution in [-0.4, -0.2) is 23.1 Å². The summed E-state index contributed by atoms with van der Waals surface area (Å²) in [4.78, 5) is 12.4. The molecule has 6 heteroatoms.